The smallest absolute Gasteiger partial charge is 0.326 e. The lowest BCUT2D eigenvalue weighted by Crippen LogP contribution is -2.35. The number of nitrogens with zero attached hydrogens (tertiary/aromatic N) is 2. The van der Waals surface area contributed by atoms with Crippen molar-refractivity contribution in [1.29, 1.82) is 0 Å². The lowest BCUT2D eigenvalue weighted by molar-refractivity contribution is -0.138. The Morgan fingerprint density at radius 1 is 1.80 bits per heavy atom. The minimum atomic E-state index is -0.768. The van der Waals surface area contributed by atoms with Crippen LogP contribution in [-0.4, -0.2) is 28.6 Å². The van der Waals surface area contributed by atoms with E-state index < -0.39 is 12.0 Å². The van der Waals surface area contributed by atoms with Crippen molar-refractivity contribution in [3.05, 3.63) is 11.1 Å². The van der Waals surface area contributed by atoms with Gasteiger partial charge in [-0.05, 0) is 12.8 Å². The van der Waals surface area contributed by atoms with E-state index in [1.54, 1.807) is 0 Å². The topological polar surface area (TPSA) is 53.4 Å². The fourth-order valence-electron chi connectivity index (χ4n) is 1.74. The minimum Gasteiger partial charge on any atom is -0.480 e. The van der Waals surface area contributed by atoms with Gasteiger partial charge in [0.1, 0.15) is 6.04 Å². The largest absolute Gasteiger partial charge is 0.480 e. The quantitative estimate of drug-likeness (QED) is 0.829. The van der Waals surface area contributed by atoms with E-state index >= 15 is 0 Å². The zero-order chi connectivity index (χ0) is 10.8. The maximum absolute atomic E-state index is 11.0. The number of anilines is 1. The van der Waals surface area contributed by atoms with Crippen molar-refractivity contribution >= 4 is 34.0 Å². The molecule has 0 aliphatic carbocycles. The van der Waals surface area contributed by atoms with Crippen LogP contribution in [-0.2, 0) is 10.7 Å². The molecule has 0 saturated carbocycles. The van der Waals surface area contributed by atoms with Gasteiger partial charge in [0.2, 0.25) is 0 Å². The van der Waals surface area contributed by atoms with Crippen LogP contribution in [0.4, 0.5) is 5.13 Å². The highest BCUT2D eigenvalue weighted by molar-refractivity contribution is 7.13. The van der Waals surface area contributed by atoms with Crippen molar-refractivity contribution in [2.24, 2.45) is 0 Å². The van der Waals surface area contributed by atoms with Crippen LogP contribution in [0.2, 0.25) is 0 Å². The number of hydrogen-bond donors (Lipinski definition) is 1. The summed E-state index contributed by atoms with van der Waals surface area (Å²) in [6.07, 6.45) is 1.61. The van der Waals surface area contributed by atoms with Gasteiger partial charge in [0, 0.05) is 11.9 Å². The molecule has 1 aliphatic rings. The predicted octanol–water partition coefficient (Wildman–Crippen LogP) is 1.94. The number of hydrogen-bond acceptors (Lipinski definition) is 4. The number of aliphatic carboxylic acids is 1. The average Bonchev–Trinajstić information content (AvgIpc) is 2.85. The third-order valence-corrected chi connectivity index (χ3v) is 3.66. The summed E-state index contributed by atoms with van der Waals surface area (Å²) in [6.45, 7) is 0.770. The van der Waals surface area contributed by atoms with Crippen LogP contribution in [0.1, 0.15) is 18.5 Å². The van der Waals surface area contributed by atoms with Gasteiger partial charge in [-0.25, -0.2) is 9.78 Å². The van der Waals surface area contributed by atoms with Gasteiger partial charge < -0.3 is 10.0 Å². The first-order valence-corrected chi connectivity index (χ1v) is 6.13. The predicted molar refractivity (Wildman–Crippen MR) is 59.7 cm³/mol. The standard InChI is InChI=1S/C9H11ClN2O2S/c10-4-6-5-15-9(11-6)12-3-1-2-7(12)8(13)14/h5,7H,1-4H2,(H,13,14). The van der Waals surface area contributed by atoms with Gasteiger partial charge >= 0.3 is 5.97 Å². The maximum Gasteiger partial charge on any atom is 0.326 e. The normalized spacial score (nSPS) is 20.9. The summed E-state index contributed by atoms with van der Waals surface area (Å²) < 4.78 is 0. The molecule has 4 nitrogen and oxygen atoms in total. The fraction of sp³-hybridized carbons (Fsp3) is 0.556. The summed E-state index contributed by atoms with van der Waals surface area (Å²) in [5, 5.41) is 11.7. The van der Waals surface area contributed by atoms with Crippen molar-refractivity contribution < 1.29 is 9.90 Å². The first kappa shape index (κ1) is 10.7. The lowest BCUT2D eigenvalue weighted by atomic mass is 10.2. The Balaban J connectivity index is 2.18. The first-order chi connectivity index (χ1) is 7.22. The summed E-state index contributed by atoms with van der Waals surface area (Å²) in [4.78, 5) is 17.1. The van der Waals surface area contributed by atoms with E-state index in [1.165, 1.54) is 11.3 Å². The van der Waals surface area contributed by atoms with E-state index in [4.69, 9.17) is 16.7 Å². The van der Waals surface area contributed by atoms with Crippen LogP contribution in [0.25, 0.3) is 0 Å². The highest BCUT2D eigenvalue weighted by Gasteiger charge is 2.32. The van der Waals surface area contributed by atoms with Gasteiger partial charge in [-0.2, -0.15) is 0 Å². The van der Waals surface area contributed by atoms with Crippen LogP contribution < -0.4 is 4.90 Å². The Kier molecular flexibility index (Phi) is 3.11. The molecule has 0 radical (unpaired) electrons. The molecular formula is C9H11ClN2O2S. The van der Waals surface area contributed by atoms with E-state index in [-0.39, 0.29) is 0 Å². The number of carboxylic acids is 1. The molecule has 1 unspecified atom stereocenters. The molecule has 1 aliphatic heterocycles. The van der Waals surface area contributed by atoms with Crippen molar-refractivity contribution in [3.63, 3.8) is 0 Å². The Morgan fingerprint density at radius 2 is 2.60 bits per heavy atom. The maximum atomic E-state index is 11.0. The Labute approximate surface area is 96.5 Å². The molecule has 1 atom stereocenters. The molecule has 0 spiro atoms. The van der Waals surface area contributed by atoms with Crippen molar-refractivity contribution in [3.8, 4) is 0 Å². The zero-order valence-corrected chi connectivity index (χ0v) is 9.59. The average molecular weight is 247 g/mol. The molecule has 6 heteroatoms. The van der Waals surface area contributed by atoms with Gasteiger partial charge in [-0.15, -0.1) is 22.9 Å². The molecule has 1 aromatic rings. The highest BCUT2D eigenvalue weighted by atomic mass is 35.5. The molecule has 0 bridgehead atoms. The Morgan fingerprint density at radius 3 is 3.20 bits per heavy atom. The van der Waals surface area contributed by atoms with Gasteiger partial charge in [-0.3, -0.25) is 0 Å². The number of alkyl halides is 1. The number of carboxylic acid groups (broad SMARTS) is 1. The number of aromatic nitrogens is 1. The van der Waals surface area contributed by atoms with E-state index in [9.17, 15) is 4.79 Å². The van der Waals surface area contributed by atoms with Gasteiger partial charge in [0.15, 0.2) is 5.13 Å². The zero-order valence-electron chi connectivity index (χ0n) is 8.02. The summed E-state index contributed by atoms with van der Waals surface area (Å²) in [6, 6.07) is -0.417. The summed E-state index contributed by atoms with van der Waals surface area (Å²) in [5.41, 5.74) is 0.813. The second-order valence-corrected chi connectivity index (χ2v) is 4.55. The van der Waals surface area contributed by atoms with Crippen LogP contribution >= 0.6 is 22.9 Å². The molecule has 82 valence electrons. The van der Waals surface area contributed by atoms with Gasteiger partial charge in [0.05, 0.1) is 11.6 Å². The molecule has 0 aromatic carbocycles. The molecule has 0 amide bonds. The summed E-state index contributed by atoms with van der Waals surface area (Å²) >= 11 is 7.11. The molecule has 2 rings (SSSR count). The van der Waals surface area contributed by atoms with E-state index in [2.05, 4.69) is 4.98 Å². The Bertz CT molecular complexity index is 369. The van der Waals surface area contributed by atoms with Crippen molar-refractivity contribution in [2.45, 2.75) is 24.8 Å². The summed E-state index contributed by atoms with van der Waals surface area (Å²) in [7, 11) is 0. The van der Waals surface area contributed by atoms with Gasteiger partial charge in [0.25, 0.3) is 0 Å². The van der Waals surface area contributed by atoms with Crippen LogP contribution in [0.5, 0.6) is 0 Å². The van der Waals surface area contributed by atoms with Crippen LogP contribution in [0, 0.1) is 0 Å². The van der Waals surface area contributed by atoms with E-state index in [0.717, 1.165) is 23.8 Å². The van der Waals surface area contributed by atoms with E-state index in [0.29, 0.717) is 12.3 Å². The molecule has 1 N–H and O–H groups in total. The molecule has 1 saturated heterocycles. The molecular weight excluding hydrogens is 236 g/mol. The second-order valence-electron chi connectivity index (χ2n) is 3.44. The molecule has 1 aromatic heterocycles. The number of carbonyl (C=O) groups is 1. The van der Waals surface area contributed by atoms with E-state index in [1.807, 2.05) is 10.3 Å². The fourth-order valence-corrected chi connectivity index (χ4v) is 2.87. The molecule has 2 heterocycles. The highest BCUT2D eigenvalue weighted by Crippen LogP contribution is 2.29. The SMILES string of the molecule is O=C(O)C1CCCN1c1nc(CCl)cs1. The monoisotopic (exact) mass is 246 g/mol. The third kappa shape index (κ3) is 2.08. The number of halogens is 1. The lowest BCUT2D eigenvalue weighted by Gasteiger charge is -2.19. The van der Waals surface area contributed by atoms with Crippen LogP contribution in [0.15, 0.2) is 5.38 Å². The minimum absolute atomic E-state index is 0.377. The second kappa shape index (κ2) is 4.37. The molecule has 15 heavy (non-hydrogen) atoms. The number of thiazole rings is 1. The molecule has 1 fully saturated rings. The van der Waals surface area contributed by atoms with Crippen molar-refractivity contribution in [2.75, 3.05) is 11.4 Å². The Hall–Kier alpha value is -0.810. The first-order valence-electron chi connectivity index (χ1n) is 4.72. The van der Waals surface area contributed by atoms with Crippen molar-refractivity contribution in [1.82, 2.24) is 4.98 Å². The van der Waals surface area contributed by atoms with Gasteiger partial charge in [-0.1, -0.05) is 0 Å². The third-order valence-electron chi connectivity index (χ3n) is 2.46. The van der Waals surface area contributed by atoms with Crippen LogP contribution in [0.3, 0.4) is 0 Å². The number of rotatable bonds is 3. The summed E-state index contributed by atoms with van der Waals surface area (Å²) in [5.74, 6) is -0.391.